The molecule has 3 rings (SSSR count). The zero-order valence-corrected chi connectivity index (χ0v) is 14.2. The summed E-state index contributed by atoms with van der Waals surface area (Å²) in [5.41, 5.74) is 1.59. The summed E-state index contributed by atoms with van der Waals surface area (Å²) in [5, 5.41) is 2.90. The van der Waals surface area contributed by atoms with Gasteiger partial charge in [0.05, 0.1) is 6.61 Å². The lowest BCUT2D eigenvalue weighted by atomic mass is 10.2. The molecule has 0 atom stereocenters. The Balaban J connectivity index is 1.53. The van der Waals surface area contributed by atoms with Crippen LogP contribution in [0, 0.1) is 5.82 Å². The first kappa shape index (κ1) is 17.1. The van der Waals surface area contributed by atoms with E-state index in [0.29, 0.717) is 32.8 Å². The molecule has 2 aromatic carbocycles. The average Bonchev–Trinajstić information content (AvgIpc) is 2.64. The van der Waals surface area contributed by atoms with Crippen LogP contribution < -0.4 is 15.0 Å². The van der Waals surface area contributed by atoms with Crippen molar-refractivity contribution in [3.05, 3.63) is 54.3 Å². The van der Waals surface area contributed by atoms with Gasteiger partial charge in [-0.25, -0.2) is 9.18 Å². The predicted octanol–water partition coefficient (Wildman–Crippen LogP) is 3.58. The minimum Gasteiger partial charge on any atom is -0.494 e. The molecule has 1 aliphatic rings. The van der Waals surface area contributed by atoms with Crippen LogP contribution in [0.5, 0.6) is 5.75 Å². The summed E-state index contributed by atoms with van der Waals surface area (Å²) >= 11 is 0. The van der Waals surface area contributed by atoms with E-state index in [1.54, 1.807) is 11.0 Å². The van der Waals surface area contributed by atoms with Crippen molar-refractivity contribution in [2.45, 2.75) is 6.92 Å². The summed E-state index contributed by atoms with van der Waals surface area (Å²) in [4.78, 5) is 16.2. The summed E-state index contributed by atoms with van der Waals surface area (Å²) in [6, 6.07) is 13.7. The van der Waals surface area contributed by atoms with Crippen molar-refractivity contribution in [1.82, 2.24) is 4.90 Å². The number of rotatable bonds is 4. The number of carbonyl (C=O) groups excluding carboxylic acids is 1. The number of hydrogen-bond acceptors (Lipinski definition) is 3. The van der Waals surface area contributed by atoms with Crippen molar-refractivity contribution in [3.8, 4) is 5.75 Å². The van der Waals surface area contributed by atoms with E-state index < -0.39 is 0 Å². The number of nitrogens with one attached hydrogen (secondary N) is 1. The van der Waals surface area contributed by atoms with Crippen LogP contribution in [0.4, 0.5) is 20.6 Å². The fourth-order valence-electron chi connectivity index (χ4n) is 2.84. The van der Waals surface area contributed by atoms with Gasteiger partial charge in [0.2, 0.25) is 0 Å². The molecule has 0 aromatic heterocycles. The van der Waals surface area contributed by atoms with E-state index in [4.69, 9.17) is 4.74 Å². The highest BCUT2D eigenvalue weighted by molar-refractivity contribution is 5.89. The molecule has 1 saturated heterocycles. The Bertz CT molecular complexity index is 713. The minimum absolute atomic E-state index is 0.122. The summed E-state index contributed by atoms with van der Waals surface area (Å²) < 4.78 is 18.7. The molecule has 0 radical (unpaired) electrons. The van der Waals surface area contributed by atoms with Gasteiger partial charge >= 0.3 is 6.03 Å². The zero-order chi connectivity index (χ0) is 17.6. The SMILES string of the molecule is CCOc1ccc(NC(=O)N2CCN(c3cccc(F)c3)CC2)cc1. The standard InChI is InChI=1S/C19H22FN3O2/c1-2-25-18-8-6-16(7-9-18)21-19(24)23-12-10-22(11-13-23)17-5-3-4-15(20)14-17/h3-9,14H,2,10-13H2,1H3,(H,21,24). The van der Waals surface area contributed by atoms with Gasteiger partial charge in [0, 0.05) is 37.6 Å². The predicted molar refractivity (Wildman–Crippen MR) is 96.8 cm³/mol. The summed E-state index contributed by atoms with van der Waals surface area (Å²) in [7, 11) is 0. The Kier molecular flexibility index (Phi) is 5.38. The number of anilines is 2. The van der Waals surface area contributed by atoms with Gasteiger partial charge in [-0.2, -0.15) is 0 Å². The summed E-state index contributed by atoms with van der Waals surface area (Å²) in [6.45, 7) is 5.10. The number of piperazine rings is 1. The van der Waals surface area contributed by atoms with E-state index in [1.165, 1.54) is 12.1 Å². The average molecular weight is 343 g/mol. The van der Waals surface area contributed by atoms with Crippen LogP contribution in [-0.2, 0) is 0 Å². The van der Waals surface area contributed by atoms with Crippen molar-refractivity contribution in [1.29, 1.82) is 0 Å². The van der Waals surface area contributed by atoms with Gasteiger partial charge in [-0.05, 0) is 49.4 Å². The topological polar surface area (TPSA) is 44.8 Å². The van der Waals surface area contributed by atoms with Crippen molar-refractivity contribution in [2.24, 2.45) is 0 Å². The van der Waals surface area contributed by atoms with Gasteiger partial charge in [-0.1, -0.05) is 6.07 Å². The van der Waals surface area contributed by atoms with Crippen molar-refractivity contribution >= 4 is 17.4 Å². The van der Waals surface area contributed by atoms with Crippen molar-refractivity contribution < 1.29 is 13.9 Å². The molecule has 5 nitrogen and oxygen atoms in total. The quantitative estimate of drug-likeness (QED) is 0.923. The molecule has 0 saturated carbocycles. The Morgan fingerprint density at radius 3 is 2.48 bits per heavy atom. The van der Waals surface area contributed by atoms with Gasteiger partial charge in [0.25, 0.3) is 0 Å². The molecule has 0 spiro atoms. The molecule has 0 bridgehead atoms. The van der Waals surface area contributed by atoms with E-state index in [-0.39, 0.29) is 11.8 Å². The lowest BCUT2D eigenvalue weighted by Crippen LogP contribution is -2.50. The van der Waals surface area contributed by atoms with Crippen LogP contribution in [0.2, 0.25) is 0 Å². The summed E-state index contributed by atoms with van der Waals surface area (Å²) in [6.07, 6.45) is 0. The monoisotopic (exact) mass is 343 g/mol. The molecule has 0 unspecified atom stereocenters. The number of carbonyl (C=O) groups is 1. The van der Waals surface area contributed by atoms with E-state index in [0.717, 1.165) is 17.1 Å². The van der Waals surface area contributed by atoms with Gasteiger partial charge in [0.1, 0.15) is 11.6 Å². The first-order chi connectivity index (χ1) is 12.2. The smallest absolute Gasteiger partial charge is 0.321 e. The first-order valence-corrected chi connectivity index (χ1v) is 8.45. The van der Waals surface area contributed by atoms with Gasteiger partial charge in [0.15, 0.2) is 0 Å². The Hall–Kier alpha value is -2.76. The highest BCUT2D eigenvalue weighted by Gasteiger charge is 2.21. The molecule has 0 aliphatic carbocycles. The third-order valence-electron chi connectivity index (χ3n) is 4.16. The van der Waals surface area contributed by atoms with Gasteiger partial charge in [-0.3, -0.25) is 0 Å². The maximum Gasteiger partial charge on any atom is 0.321 e. The van der Waals surface area contributed by atoms with Crippen LogP contribution >= 0.6 is 0 Å². The van der Waals surface area contributed by atoms with Crippen molar-refractivity contribution in [3.63, 3.8) is 0 Å². The highest BCUT2D eigenvalue weighted by Crippen LogP contribution is 2.19. The number of urea groups is 1. The lowest BCUT2D eigenvalue weighted by Gasteiger charge is -2.36. The molecular weight excluding hydrogens is 321 g/mol. The van der Waals surface area contributed by atoms with E-state index in [1.807, 2.05) is 37.3 Å². The van der Waals surface area contributed by atoms with E-state index in [2.05, 4.69) is 10.2 Å². The number of halogens is 1. The lowest BCUT2D eigenvalue weighted by molar-refractivity contribution is 0.208. The number of benzene rings is 2. The Labute approximate surface area is 147 Å². The van der Waals surface area contributed by atoms with Gasteiger partial charge < -0.3 is 19.9 Å². The van der Waals surface area contributed by atoms with Crippen LogP contribution in [0.3, 0.4) is 0 Å². The normalized spacial score (nSPS) is 14.3. The van der Waals surface area contributed by atoms with Crippen molar-refractivity contribution in [2.75, 3.05) is 43.0 Å². The maximum absolute atomic E-state index is 13.3. The first-order valence-electron chi connectivity index (χ1n) is 8.45. The third kappa shape index (κ3) is 4.41. The fraction of sp³-hybridized carbons (Fsp3) is 0.316. The number of hydrogen-bond donors (Lipinski definition) is 1. The second-order valence-electron chi connectivity index (χ2n) is 5.84. The summed E-state index contributed by atoms with van der Waals surface area (Å²) in [5.74, 6) is 0.539. The molecule has 6 heteroatoms. The van der Waals surface area contributed by atoms with Crippen LogP contribution in [0.25, 0.3) is 0 Å². The zero-order valence-electron chi connectivity index (χ0n) is 14.2. The molecule has 25 heavy (non-hydrogen) atoms. The van der Waals surface area contributed by atoms with Crippen LogP contribution in [0.1, 0.15) is 6.92 Å². The molecule has 1 N–H and O–H groups in total. The highest BCUT2D eigenvalue weighted by atomic mass is 19.1. The van der Waals surface area contributed by atoms with Crippen LogP contribution in [-0.4, -0.2) is 43.7 Å². The Morgan fingerprint density at radius 1 is 1.12 bits per heavy atom. The molecule has 1 fully saturated rings. The van der Waals surface area contributed by atoms with E-state index >= 15 is 0 Å². The molecule has 2 amide bonds. The Morgan fingerprint density at radius 2 is 1.84 bits per heavy atom. The minimum atomic E-state index is -0.242. The molecular formula is C19H22FN3O2. The fourth-order valence-corrected chi connectivity index (χ4v) is 2.84. The maximum atomic E-state index is 13.3. The second kappa shape index (κ2) is 7.88. The molecule has 1 heterocycles. The molecule has 2 aromatic rings. The van der Waals surface area contributed by atoms with Gasteiger partial charge in [-0.15, -0.1) is 0 Å². The second-order valence-corrected chi connectivity index (χ2v) is 5.84. The van der Waals surface area contributed by atoms with E-state index in [9.17, 15) is 9.18 Å². The third-order valence-corrected chi connectivity index (χ3v) is 4.16. The molecule has 1 aliphatic heterocycles. The molecule has 132 valence electrons. The number of nitrogens with zero attached hydrogens (tertiary/aromatic N) is 2. The number of ether oxygens (including phenoxy) is 1. The largest absolute Gasteiger partial charge is 0.494 e. The van der Waals surface area contributed by atoms with Crippen LogP contribution in [0.15, 0.2) is 48.5 Å². The number of amides is 2.